The first kappa shape index (κ1) is 18.1. The largest absolute Gasteiger partial charge is 0.325 e. The fourth-order valence-electron chi connectivity index (χ4n) is 3.61. The van der Waals surface area contributed by atoms with Crippen molar-refractivity contribution >= 4 is 0 Å². The van der Waals surface area contributed by atoms with Crippen LogP contribution in [0.15, 0.2) is 61.3 Å². The van der Waals surface area contributed by atoms with Gasteiger partial charge in [0.15, 0.2) is 0 Å². The molecule has 4 rings (SSSR count). The normalized spacial score (nSPS) is 12.2. The molecule has 0 amide bonds. The van der Waals surface area contributed by atoms with Gasteiger partial charge in [-0.05, 0) is 32.9 Å². The van der Waals surface area contributed by atoms with E-state index in [2.05, 4.69) is 56.4 Å². The summed E-state index contributed by atoms with van der Waals surface area (Å²) in [6.45, 7) is 7.08. The fraction of sp³-hybridized carbons (Fsp3) is 0.273. The van der Waals surface area contributed by atoms with E-state index in [1.807, 2.05) is 37.5 Å². The van der Waals surface area contributed by atoms with E-state index in [0.29, 0.717) is 0 Å². The average Bonchev–Trinajstić information content (AvgIpc) is 3.29. The van der Waals surface area contributed by atoms with Crippen molar-refractivity contribution in [1.29, 1.82) is 0 Å². The maximum Gasteiger partial charge on any atom is 0.115 e. The third-order valence-corrected chi connectivity index (χ3v) is 5.06. The van der Waals surface area contributed by atoms with Crippen LogP contribution < -0.4 is 0 Å². The highest BCUT2D eigenvalue weighted by Gasteiger charge is 2.19. The van der Waals surface area contributed by atoms with Crippen LogP contribution in [0.3, 0.4) is 0 Å². The maximum absolute atomic E-state index is 4.76. The van der Waals surface area contributed by atoms with Gasteiger partial charge in [-0.2, -0.15) is 5.10 Å². The zero-order chi connectivity index (χ0) is 19.5. The van der Waals surface area contributed by atoms with Crippen molar-refractivity contribution in [3.8, 4) is 11.3 Å². The second-order valence-corrected chi connectivity index (χ2v) is 7.02. The number of imidazole rings is 1. The molecule has 0 fully saturated rings. The number of nitrogens with zero attached hydrogens (tertiary/aromatic N) is 6. The summed E-state index contributed by atoms with van der Waals surface area (Å²) in [5.74, 6) is 0. The summed E-state index contributed by atoms with van der Waals surface area (Å²) in [5, 5.41) is 4.61. The summed E-state index contributed by atoms with van der Waals surface area (Å²) >= 11 is 0. The molecular formula is C22H24N6. The zero-order valence-corrected chi connectivity index (χ0v) is 16.4. The average molecular weight is 372 g/mol. The summed E-state index contributed by atoms with van der Waals surface area (Å²) in [6, 6.07) is 14.5. The van der Waals surface area contributed by atoms with Crippen LogP contribution in [0.4, 0.5) is 0 Å². The van der Waals surface area contributed by atoms with E-state index >= 15 is 0 Å². The van der Waals surface area contributed by atoms with Crippen molar-refractivity contribution < 1.29 is 0 Å². The standard InChI is InChI=1S/C22H24N6/c1-16-13-17(2)28(26-16)12-10-21-22(19-7-5-4-6-8-19)25-15-27(21)18(3)20-9-11-23-14-24-20/h4-9,11,13-15,18H,10,12H2,1-3H3. The molecule has 0 N–H and O–H groups in total. The smallest absolute Gasteiger partial charge is 0.115 e. The van der Waals surface area contributed by atoms with Gasteiger partial charge in [-0.25, -0.2) is 15.0 Å². The highest BCUT2D eigenvalue weighted by atomic mass is 15.3. The number of rotatable bonds is 6. The number of hydrogen-bond acceptors (Lipinski definition) is 4. The second-order valence-electron chi connectivity index (χ2n) is 7.02. The van der Waals surface area contributed by atoms with Crippen LogP contribution in [-0.4, -0.2) is 29.3 Å². The molecule has 1 atom stereocenters. The molecule has 1 aromatic carbocycles. The topological polar surface area (TPSA) is 61.4 Å². The molecule has 6 heteroatoms. The van der Waals surface area contributed by atoms with Crippen LogP contribution in [0.25, 0.3) is 11.3 Å². The number of benzene rings is 1. The molecule has 0 aliphatic carbocycles. The maximum atomic E-state index is 4.76. The highest BCUT2D eigenvalue weighted by molar-refractivity contribution is 5.62. The predicted molar refractivity (Wildman–Crippen MR) is 109 cm³/mol. The Labute approximate surface area is 164 Å². The van der Waals surface area contributed by atoms with Crippen molar-refractivity contribution in [3.05, 3.63) is 84.1 Å². The van der Waals surface area contributed by atoms with E-state index in [9.17, 15) is 0 Å². The van der Waals surface area contributed by atoms with Crippen molar-refractivity contribution in [2.45, 2.75) is 39.8 Å². The van der Waals surface area contributed by atoms with Crippen LogP contribution >= 0.6 is 0 Å². The van der Waals surface area contributed by atoms with Gasteiger partial charge in [-0.3, -0.25) is 4.68 Å². The third-order valence-electron chi connectivity index (χ3n) is 5.06. The Balaban J connectivity index is 1.72. The van der Waals surface area contributed by atoms with Crippen molar-refractivity contribution in [2.75, 3.05) is 0 Å². The molecule has 0 saturated heterocycles. The zero-order valence-electron chi connectivity index (χ0n) is 16.4. The lowest BCUT2D eigenvalue weighted by atomic mass is 10.1. The summed E-state index contributed by atoms with van der Waals surface area (Å²) in [5.41, 5.74) is 6.52. The van der Waals surface area contributed by atoms with Gasteiger partial charge in [0, 0.05) is 36.1 Å². The molecule has 0 spiro atoms. The highest BCUT2D eigenvalue weighted by Crippen LogP contribution is 2.27. The second kappa shape index (κ2) is 7.76. The third kappa shape index (κ3) is 3.58. The summed E-state index contributed by atoms with van der Waals surface area (Å²) < 4.78 is 4.28. The van der Waals surface area contributed by atoms with Gasteiger partial charge in [0.2, 0.25) is 0 Å². The molecule has 6 nitrogen and oxygen atoms in total. The quantitative estimate of drug-likeness (QED) is 0.513. The van der Waals surface area contributed by atoms with E-state index in [-0.39, 0.29) is 6.04 Å². The lowest BCUT2D eigenvalue weighted by Gasteiger charge is -2.17. The van der Waals surface area contributed by atoms with Gasteiger partial charge in [0.25, 0.3) is 0 Å². The molecule has 3 heterocycles. The minimum Gasteiger partial charge on any atom is -0.325 e. The Morgan fingerprint density at radius 2 is 1.86 bits per heavy atom. The Hall–Kier alpha value is -3.28. The minimum absolute atomic E-state index is 0.0726. The van der Waals surface area contributed by atoms with E-state index in [4.69, 9.17) is 4.98 Å². The van der Waals surface area contributed by atoms with Crippen molar-refractivity contribution in [3.63, 3.8) is 0 Å². The molecule has 142 valence electrons. The first-order valence-electron chi connectivity index (χ1n) is 9.51. The summed E-state index contributed by atoms with van der Waals surface area (Å²) in [6.07, 6.45) is 6.13. The van der Waals surface area contributed by atoms with Crippen LogP contribution in [0, 0.1) is 13.8 Å². The van der Waals surface area contributed by atoms with Gasteiger partial charge in [-0.15, -0.1) is 0 Å². The van der Waals surface area contributed by atoms with Gasteiger partial charge < -0.3 is 4.57 Å². The Kier molecular flexibility index (Phi) is 5.02. The summed E-state index contributed by atoms with van der Waals surface area (Å²) in [7, 11) is 0. The first-order chi connectivity index (χ1) is 13.6. The van der Waals surface area contributed by atoms with E-state index in [1.165, 1.54) is 11.4 Å². The lowest BCUT2D eigenvalue weighted by Crippen LogP contribution is -2.14. The van der Waals surface area contributed by atoms with Crippen LogP contribution in [0.2, 0.25) is 0 Å². The van der Waals surface area contributed by atoms with Gasteiger partial charge >= 0.3 is 0 Å². The van der Waals surface area contributed by atoms with Gasteiger partial charge in [-0.1, -0.05) is 30.3 Å². The lowest BCUT2D eigenvalue weighted by molar-refractivity contribution is 0.545. The van der Waals surface area contributed by atoms with Crippen LogP contribution in [-0.2, 0) is 13.0 Å². The molecule has 3 aromatic heterocycles. The van der Waals surface area contributed by atoms with E-state index in [1.54, 1.807) is 12.5 Å². The van der Waals surface area contributed by atoms with Crippen LogP contribution in [0.5, 0.6) is 0 Å². The molecule has 0 bridgehead atoms. The molecule has 0 aliphatic rings. The Morgan fingerprint density at radius 3 is 2.54 bits per heavy atom. The minimum atomic E-state index is 0.0726. The van der Waals surface area contributed by atoms with Crippen molar-refractivity contribution in [1.82, 2.24) is 29.3 Å². The van der Waals surface area contributed by atoms with Crippen LogP contribution in [0.1, 0.15) is 35.7 Å². The summed E-state index contributed by atoms with van der Waals surface area (Å²) in [4.78, 5) is 13.2. The Bertz CT molecular complexity index is 1050. The molecule has 28 heavy (non-hydrogen) atoms. The number of aromatic nitrogens is 6. The molecule has 1 unspecified atom stereocenters. The number of hydrogen-bond donors (Lipinski definition) is 0. The SMILES string of the molecule is Cc1cc(C)n(CCc2c(-c3ccccc3)ncn2C(C)c2ccncn2)n1. The molecule has 0 aliphatic heterocycles. The molecule has 0 saturated carbocycles. The monoisotopic (exact) mass is 372 g/mol. The Morgan fingerprint density at radius 1 is 1.04 bits per heavy atom. The van der Waals surface area contributed by atoms with E-state index in [0.717, 1.165) is 35.6 Å². The molecular weight excluding hydrogens is 348 g/mol. The van der Waals surface area contributed by atoms with Gasteiger partial charge in [0.1, 0.15) is 6.33 Å². The molecule has 4 aromatic rings. The molecule has 0 radical (unpaired) electrons. The predicted octanol–water partition coefficient (Wildman–Crippen LogP) is 4.01. The first-order valence-corrected chi connectivity index (χ1v) is 9.51. The number of aryl methyl sites for hydroxylation is 3. The van der Waals surface area contributed by atoms with Crippen molar-refractivity contribution in [2.24, 2.45) is 0 Å². The fourth-order valence-corrected chi connectivity index (χ4v) is 3.61. The van der Waals surface area contributed by atoms with E-state index < -0.39 is 0 Å². The van der Waals surface area contributed by atoms with Gasteiger partial charge in [0.05, 0.1) is 29.5 Å².